The maximum Gasteiger partial charge on any atom is 0.411 e. The zero-order valence-electron chi connectivity index (χ0n) is 17.0. The first kappa shape index (κ1) is 26.7. The maximum absolute atomic E-state index is 12.1. The minimum absolute atomic E-state index is 0. The van der Waals surface area contributed by atoms with Crippen LogP contribution in [0.25, 0.3) is 0 Å². The number of carbonyl (C=O) groups is 1. The molecular formula is C21H26F3IN4O2. The van der Waals surface area contributed by atoms with Crippen molar-refractivity contribution in [2.45, 2.75) is 25.9 Å². The second-order valence-electron chi connectivity index (χ2n) is 6.47. The van der Waals surface area contributed by atoms with Crippen molar-refractivity contribution < 1.29 is 22.7 Å². The van der Waals surface area contributed by atoms with Crippen molar-refractivity contribution in [1.29, 1.82) is 0 Å². The Balaban J connectivity index is 0.00000480. The van der Waals surface area contributed by atoms with Gasteiger partial charge in [0.15, 0.2) is 5.96 Å². The molecule has 0 radical (unpaired) electrons. The first-order chi connectivity index (χ1) is 14.4. The van der Waals surface area contributed by atoms with Crippen LogP contribution in [-0.2, 0) is 29.2 Å². The number of carbonyl (C=O) groups excluding carboxylic acids is 1. The molecule has 0 atom stereocenters. The second kappa shape index (κ2) is 13.9. The summed E-state index contributed by atoms with van der Waals surface area (Å²) in [4.78, 5) is 16.0. The average molecular weight is 550 g/mol. The van der Waals surface area contributed by atoms with E-state index in [1.807, 2.05) is 30.3 Å². The number of guanidine groups is 1. The van der Waals surface area contributed by atoms with Crippen LogP contribution in [0, 0.1) is 0 Å². The van der Waals surface area contributed by atoms with Gasteiger partial charge in [-0.25, -0.2) is 0 Å². The third-order valence-electron chi connectivity index (χ3n) is 3.99. The van der Waals surface area contributed by atoms with Gasteiger partial charge in [0.05, 0.1) is 13.2 Å². The van der Waals surface area contributed by atoms with Crippen LogP contribution in [0.3, 0.4) is 0 Å². The summed E-state index contributed by atoms with van der Waals surface area (Å²) >= 11 is 0. The molecule has 6 nitrogen and oxygen atoms in total. The van der Waals surface area contributed by atoms with Crippen molar-refractivity contribution in [3.63, 3.8) is 0 Å². The summed E-state index contributed by atoms with van der Waals surface area (Å²) in [6.45, 7) is -0.408. The van der Waals surface area contributed by atoms with E-state index in [1.165, 1.54) is 0 Å². The molecule has 0 fully saturated rings. The van der Waals surface area contributed by atoms with Crippen molar-refractivity contribution in [1.82, 2.24) is 16.0 Å². The van der Waals surface area contributed by atoms with Crippen molar-refractivity contribution in [3.05, 3.63) is 71.3 Å². The molecule has 0 saturated heterocycles. The molecule has 10 heteroatoms. The SMILES string of the molecule is CN=C(NCC(=O)NCc1ccccc1)NCc1ccc(COCC(F)(F)F)cc1.I. The van der Waals surface area contributed by atoms with Crippen LogP contribution in [0.15, 0.2) is 59.6 Å². The molecule has 2 rings (SSSR count). The van der Waals surface area contributed by atoms with E-state index < -0.39 is 12.8 Å². The first-order valence-corrected chi connectivity index (χ1v) is 9.33. The number of halogens is 4. The fourth-order valence-corrected chi connectivity index (χ4v) is 2.47. The Morgan fingerprint density at radius 2 is 1.48 bits per heavy atom. The fraction of sp³-hybridized carbons (Fsp3) is 0.333. The summed E-state index contributed by atoms with van der Waals surface area (Å²) in [6, 6.07) is 16.6. The van der Waals surface area contributed by atoms with Crippen molar-refractivity contribution in [3.8, 4) is 0 Å². The maximum atomic E-state index is 12.1. The van der Waals surface area contributed by atoms with Gasteiger partial charge in [-0.2, -0.15) is 13.2 Å². The van der Waals surface area contributed by atoms with Crippen LogP contribution < -0.4 is 16.0 Å². The highest BCUT2D eigenvalue weighted by molar-refractivity contribution is 14.0. The summed E-state index contributed by atoms with van der Waals surface area (Å²) in [7, 11) is 1.60. The molecule has 170 valence electrons. The Morgan fingerprint density at radius 1 is 0.903 bits per heavy atom. The summed E-state index contributed by atoms with van der Waals surface area (Å²) in [5.41, 5.74) is 2.58. The van der Waals surface area contributed by atoms with Gasteiger partial charge in [-0.05, 0) is 16.7 Å². The van der Waals surface area contributed by atoms with Gasteiger partial charge >= 0.3 is 6.18 Å². The van der Waals surface area contributed by atoms with Gasteiger partial charge in [0, 0.05) is 20.1 Å². The van der Waals surface area contributed by atoms with Gasteiger partial charge in [-0.1, -0.05) is 54.6 Å². The van der Waals surface area contributed by atoms with E-state index in [9.17, 15) is 18.0 Å². The van der Waals surface area contributed by atoms with Gasteiger partial charge in [-0.15, -0.1) is 24.0 Å². The first-order valence-electron chi connectivity index (χ1n) is 9.33. The lowest BCUT2D eigenvalue weighted by Gasteiger charge is -2.12. The zero-order chi connectivity index (χ0) is 21.8. The highest BCUT2D eigenvalue weighted by atomic mass is 127. The Bertz CT molecular complexity index is 816. The third-order valence-corrected chi connectivity index (χ3v) is 3.99. The summed E-state index contributed by atoms with van der Waals surface area (Å²) in [6.07, 6.45) is -4.33. The lowest BCUT2D eigenvalue weighted by atomic mass is 10.1. The van der Waals surface area contributed by atoms with Crippen molar-refractivity contribution in [2.24, 2.45) is 4.99 Å². The van der Waals surface area contributed by atoms with Crippen LogP contribution in [0.4, 0.5) is 13.2 Å². The summed E-state index contributed by atoms with van der Waals surface area (Å²) in [5.74, 6) is 0.299. The normalized spacial score (nSPS) is 11.4. The second-order valence-corrected chi connectivity index (χ2v) is 6.47. The Kier molecular flexibility index (Phi) is 11.9. The molecule has 2 aromatic carbocycles. The number of rotatable bonds is 9. The highest BCUT2D eigenvalue weighted by Crippen LogP contribution is 2.15. The number of benzene rings is 2. The molecular weight excluding hydrogens is 524 g/mol. The number of alkyl halides is 3. The van der Waals surface area contributed by atoms with E-state index in [0.29, 0.717) is 24.6 Å². The molecule has 3 N–H and O–H groups in total. The van der Waals surface area contributed by atoms with E-state index in [1.54, 1.807) is 31.3 Å². The molecule has 0 aliphatic rings. The van der Waals surface area contributed by atoms with Crippen molar-refractivity contribution >= 4 is 35.8 Å². The molecule has 1 amide bonds. The summed E-state index contributed by atoms with van der Waals surface area (Å²) < 4.78 is 40.9. The lowest BCUT2D eigenvalue weighted by molar-refractivity contribution is -0.176. The van der Waals surface area contributed by atoms with E-state index in [-0.39, 0.29) is 43.0 Å². The van der Waals surface area contributed by atoms with Crippen LogP contribution in [0.2, 0.25) is 0 Å². The Hall–Kier alpha value is -2.34. The number of amides is 1. The Labute approximate surface area is 196 Å². The smallest absolute Gasteiger partial charge is 0.367 e. The van der Waals surface area contributed by atoms with Gasteiger partial charge < -0.3 is 20.7 Å². The van der Waals surface area contributed by atoms with Gasteiger partial charge in [0.1, 0.15) is 6.61 Å². The van der Waals surface area contributed by atoms with Crippen LogP contribution >= 0.6 is 24.0 Å². The number of nitrogens with zero attached hydrogens (tertiary/aromatic N) is 1. The Morgan fingerprint density at radius 3 is 2.10 bits per heavy atom. The van der Waals surface area contributed by atoms with Gasteiger partial charge in [0.2, 0.25) is 5.91 Å². The molecule has 0 bridgehead atoms. The quantitative estimate of drug-likeness (QED) is 0.255. The molecule has 0 aliphatic carbocycles. The molecule has 0 saturated carbocycles. The van der Waals surface area contributed by atoms with Crippen LogP contribution in [0.1, 0.15) is 16.7 Å². The number of hydrogen-bond donors (Lipinski definition) is 3. The van der Waals surface area contributed by atoms with Crippen molar-refractivity contribution in [2.75, 3.05) is 20.2 Å². The zero-order valence-corrected chi connectivity index (χ0v) is 19.4. The number of hydrogen-bond acceptors (Lipinski definition) is 3. The minimum Gasteiger partial charge on any atom is -0.367 e. The predicted octanol–water partition coefficient (Wildman–Crippen LogP) is 3.36. The van der Waals surface area contributed by atoms with E-state index in [2.05, 4.69) is 25.7 Å². The monoisotopic (exact) mass is 550 g/mol. The molecule has 0 unspecified atom stereocenters. The largest absolute Gasteiger partial charge is 0.411 e. The van der Waals surface area contributed by atoms with E-state index in [0.717, 1.165) is 11.1 Å². The fourth-order valence-electron chi connectivity index (χ4n) is 2.47. The average Bonchev–Trinajstić information content (AvgIpc) is 2.73. The minimum atomic E-state index is -4.33. The number of aliphatic imine (C=N–C) groups is 1. The lowest BCUT2D eigenvalue weighted by Crippen LogP contribution is -2.42. The standard InChI is InChI=1S/C21H25F3N4O2.HI/c1-25-20(28-13-19(29)26-11-16-5-3-2-4-6-16)27-12-17-7-9-18(10-8-17)14-30-15-21(22,23)24;/h2-10H,11-15H2,1H3,(H,26,29)(H2,25,27,28);1H. The summed E-state index contributed by atoms with van der Waals surface area (Å²) in [5, 5.41) is 8.82. The van der Waals surface area contributed by atoms with Crippen LogP contribution in [-0.4, -0.2) is 38.2 Å². The van der Waals surface area contributed by atoms with Crippen LogP contribution in [0.5, 0.6) is 0 Å². The molecule has 0 aromatic heterocycles. The van der Waals surface area contributed by atoms with E-state index in [4.69, 9.17) is 0 Å². The molecule has 31 heavy (non-hydrogen) atoms. The molecule has 2 aromatic rings. The highest BCUT2D eigenvalue weighted by Gasteiger charge is 2.27. The molecule has 0 spiro atoms. The number of ether oxygens (including phenoxy) is 1. The third kappa shape index (κ3) is 11.6. The van der Waals surface area contributed by atoms with Gasteiger partial charge in [0.25, 0.3) is 0 Å². The topological polar surface area (TPSA) is 74.8 Å². The van der Waals surface area contributed by atoms with Gasteiger partial charge in [-0.3, -0.25) is 9.79 Å². The van der Waals surface area contributed by atoms with E-state index >= 15 is 0 Å². The molecule has 0 heterocycles. The predicted molar refractivity (Wildman–Crippen MR) is 124 cm³/mol. The number of nitrogens with one attached hydrogen (secondary N) is 3. The molecule has 0 aliphatic heterocycles.